The smallest absolute Gasteiger partial charge is 0.0708 e. The summed E-state index contributed by atoms with van der Waals surface area (Å²) in [5, 5.41) is 0. The Morgan fingerprint density at radius 3 is 2.13 bits per heavy atom. The zero-order valence-electron chi connectivity index (χ0n) is 18.7. The van der Waals surface area contributed by atoms with Gasteiger partial charge in [0.15, 0.2) is 0 Å². The van der Waals surface area contributed by atoms with E-state index in [1.54, 1.807) is 5.56 Å². The molecule has 0 saturated heterocycles. The van der Waals surface area contributed by atoms with E-state index in [0.717, 1.165) is 17.8 Å². The Kier molecular flexibility index (Phi) is 3.57. The molecule has 0 radical (unpaired) electrons. The lowest BCUT2D eigenvalue weighted by Crippen LogP contribution is -2.48. The molecule has 8 rings (SSSR count). The summed E-state index contributed by atoms with van der Waals surface area (Å²) in [5.74, 6) is 2.91. The molecule has 0 atom stereocenters. The molecule has 1 aromatic heterocycles. The molecule has 0 spiro atoms. The van der Waals surface area contributed by atoms with E-state index in [1.807, 2.05) is 0 Å². The van der Waals surface area contributed by atoms with E-state index in [9.17, 15) is 0 Å². The SMILES string of the molecule is CC1(C)c2ccccc2-c2cccc(-c3cc(C45CC6CC(CC(C6)C4)C5)ccn3)c21. The molecule has 4 fully saturated rings. The van der Waals surface area contributed by atoms with Crippen molar-refractivity contribution >= 4 is 0 Å². The van der Waals surface area contributed by atoms with Crippen LogP contribution in [0.2, 0.25) is 0 Å². The van der Waals surface area contributed by atoms with E-state index < -0.39 is 0 Å². The van der Waals surface area contributed by atoms with Crippen molar-refractivity contribution in [2.45, 2.75) is 63.2 Å². The van der Waals surface area contributed by atoms with Gasteiger partial charge in [-0.1, -0.05) is 56.3 Å². The highest BCUT2D eigenvalue weighted by atomic mass is 14.7. The molecule has 3 aromatic rings. The van der Waals surface area contributed by atoms with Gasteiger partial charge in [0, 0.05) is 17.2 Å². The Balaban J connectivity index is 1.37. The number of hydrogen-bond donors (Lipinski definition) is 0. The zero-order valence-corrected chi connectivity index (χ0v) is 18.7. The minimum atomic E-state index is 0.000884. The molecule has 0 aliphatic heterocycles. The topological polar surface area (TPSA) is 12.9 Å². The van der Waals surface area contributed by atoms with Crippen LogP contribution in [0, 0.1) is 17.8 Å². The molecule has 4 saturated carbocycles. The summed E-state index contributed by atoms with van der Waals surface area (Å²) in [6.07, 6.45) is 10.8. The number of hydrogen-bond acceptors (Lipinski definition) is 1. The van der Waals surface area contributed by atoms with Crippen LogP contribution in [0.5, 0.6) is 0 Å². The van der Waals surface area contributed by atoms with Crippen LogP contribution in [0.25, 0.3) is 22.4 Å². The van der Waals surface area contributed by atoms with Gasteiger partial charge < -0.3 is 0 Å². The van der Waals surface area contributed by atoms with Gasteiger partial charge in [-0.3, -0.25) is 4.98 Å². The van der Waals surface area contributed by atoms with Crippen molar-refractivity contribution in [1.82, 2.24) is 4.98 Å². The highest BCUT2D eigenvalue weighted by Gasteiger charge is 2.51. The molecule has 0 amide bonds. The minimum Gasteiger partial charge on any atom is -0.256 e. The fraction of sp³-hybridized carbons (Fsp3) is 0.433. The molecular weight excluding hydrogens is 374 g/mol. The second-order valence-corrected chi connectivity index (χ2v) is 11.5. The van der Waals surface area contributed by atoms with Crippen LogP contribution in [-0.2, 0) is 10.8 Å². The summed E-state index contributed by atoms with van der Waals surface area (Å²) in [6, 6.07) is 20.6. The first kappa shape index (κ1) is 18.2. The third-order valence-electron chi connectivity index (χ3n) is 9.27. The van der Waals surface area contributed by atoms with E-state index in [4.69, 9.17) is 4.98 Å². The monoisotopic (exact) mass is 405 g/mol. The average Bonchev–Trinajstić information content (AvgIpc) is 3.01. The average molecular weight is 406 g/mol. The predicted molar refractivity (Wildman–Crippen MR) is 127 cm³/mol. The summed E-state index contributed by atoms with van der Waals surface area (Å²) < 4.78 is 0. The van der Waals surface area contributed by atoms with Gasteiger partial charge in [0.05, 0.1) is 5.69 Å². The lowest BCUT2D eigenvalue weighted by molar-refractivity contribution is -0.00520. The van der Waals surface area contributed by atoms with E-state index in [2.05, 4.69) is 74.6 Å². The molecule has 156 valence electrons. The molecule has 1 heteroatoms. The Morgan fingerprint density at radius 1 is 0.742 bits per heavy atom. The molecule has 1 heterocycles. The van der Waals surface area contributed by atoms with Gasteiger partial charge >= 0.3 is 0 Å². The summed E-state index contributed by atoms with van der Waals surface area (Å²) in [5.41, 5.74) is 10.2. The van der Waals surface area contributed by atoms with E-state index in [0.29, 0.717) is 5.41 Å². The summed E-state index contributed by atoms with van der Waals surface area (Å²) in [6.45, 7) is 4.76. The highest BCUT2D eigenvalue weighted by Crippen LogP contribution is 2.61. The maximum Gasteiger partial charge on any atom is 0.0708 e. The van der Waals surface area contributed by atoms with Gasteiger partial charge in [-0.05, 0) is 102 Å². The highest BCUT2D eigenvalue weighted by molar-refractivity contribution is 5.87. The van der Waals surface area contributed by atoms with Crippen LogP contribution < -0.4 is 0 Å². The fourth-order valence-corrected chi connectivity index (χ4v) is 8.43. The quantitative estimate of drug-likeness (QED) is 0.429. The normalized spacial score (nSPS) is 31.5. The zero-order chi connectivity index (χ0) is 20.8. The van der Waals surface area contributed by atoms with Crippen LogP contribution in [-0.4, -0.2) is 4.98 Å². The maximum absolute atomic E-state index is 4.94. The molecule has 1 nitrogen and oxygen atoms in total. The summed E-state index contributed by atoms with van der Waals surface area (Å²) >= 11 is 0. The van der Waals surface area contributed by atoms with Crippen molar-refractivity contribution in [3.05, 3.63) is 77.5 Å². The number of pyridine rings is 1. The fourth-order valence-electron chi connectivity index (χ4n) is 8.43. The molecule has 0 N–H and O–H groups in total. The second-order valence-electron chi connectivity index (χ2n) is 11.5. The maximum atomic E-state index is 4.94. The van der Waals surface area contributed by atoms with Crippen molar-refractivity contribution < 1.29 is 0 Å². The van der Waals surface area contributed by atoms with Gasteiger partial charge in [-0.25, -0.2) is 0 Å². The molecular formula is C30H31N. The summed E-state index contributed by atoms with van der Waals surface area (Å²) in [7, 11) is 0. The third-order valence-corrected chi connectivity index (χ3v) is 9.27. The van der Waals surface area contributed by atoms with Gasteiger partial charge in [0.1, 0.15) is 0 Å². The van der Waals surface area contributed by atoms with Gasteiger partial charge in [0.25, 0.3) is 0 Å². The van der Waals surface area contributed by atoms with Crippen LogP contribution in [0.1, 0.15) is 69.1 Å². The lowest BCUT2D eigenvalue weighted by atomic mass is 9.48. The van der Waals surface area contributed by atoms with Gasteiger partial charge in [-0.2, -0.15) is 0 Å². The van der Waals surface area contributed by atoms with Crippen molar-refractivity contribution in [3.63, 3.8) is 0 Å². The van der Waals surface area contributed by atoms with Crippen LogP contribution in [0.15, 0.2) is 60.8 Å². The van der Waals surface area contributed by atoms with E-state index in [1.165, 1.54) is 72.0 Å². The largest absolute Gasteiger partial charge is 0.256 e. The molecule has 2 aromatic carbocycles. The molecule has 31 heavy (non-hydrogen) atoms. The van der Waals surface area contributed by atoms with Crippen molar-refractivity contribution in [3.8, 4) is 22.4 Å². The van der Waals surface area contributed by atoms with Crippen LogP contribution >= 0.6 is 0 Å². The number of benzene rings is 2. The Hall–Kier alpha value is -2.41. The molecule has 5 aliphatic carbocycles. The van der Waals surface area contributed by atoms with Gasteiger partial charge in [-0.15, -0.1) is 0 Å². The number of aromatic nitrogens is 1. The molecule has 0 unspecified atom stereocenters. The van der Waals surface area contributed by atoms with Crippen LogP contribution in [0.4, 0.5) is 0 Å². The molecule has 4 bridgehead atoms. The predicted octanol–water partition coefficient (Wildman–Crippen LogP) is 7.52. The van der Waals surface area contributed by atoms with Crippen LogP contribution in [0.3, 0.4) is 0 Å². The van der Waals surface area contributed by atoms with E-state index in [-0.39, 0.29) is 5.41 Å². The first-order valence-corrected chi connectivity index (χ1v) is 12.2. The minimum absolute atomic E-state index is 0.000884. The van der Waals surface area contributed by atoms with E-state index >= 15 is 0 Å². The molecule has 5 aliphatic rings. The lowest BCUT2D eigenvalue weighted by Gasteiger charge is -2.57. The first-order valence-electron chi connectivity index (χ1n) is 12.2. The summed E-state index contributed by atoms with van der Waals surface area (Å²) in [4.78, 5) is 4.94. The second kappa shape index (κ2) is 6.09. The Labute approximate surface area is 185 Å². The van der Waals surface area contributed by atoms with Crippen molar-refractivity contribution in [1.29, 1.82) is 0 Å². The Morgan fingerprint density at radius 2 is 1.39 bits per heavy atom. The number of nitrogens with zero attached hydrogens (tertiary/aromatic N) is 1. The van der Waals surface area contributed by atoms with Crippen molar-refractivity contribution in [2.24, 2.45) is 17.8 Å². The number of rotatable bonds is 2. The van der Waals surface area contributed by atoms with Crippen molar-refractivity contribution in [2.75, 3.05) is 0 Å². The first-order chi connectivity index (χ1) is 15.0. The standard InChI is InChI=1S/C30H31N/c1-29(2)26-9-4-3-6-23(26)24-7-5-8-25(28(24)29)27-15-22(10-11-31-27)30-16-19-12-20(17-30)14-21(13-19)18-30/h3-11,15,19-21H,12-14,16-18H2,1-2H3. The van der Waals surface area contributed by atoms with Gasteiger partial charge in [0.2, 0.25) is 0 Å². The number of fused-ring (bicyclic) bond motifs is 3. The third kappa shape index (κ3) is 2.47. The Bertz CT molecular complexity index is 1170.